The van der Waals surface area contributed by atoms with Crippen LogP contribution in [0.2, 0.25) is 0 Å². The number of hydrogen-bond donors (Lipinski definition) is 3. The second-order valence-electron chi connectivity index (χ2n) is 7.18. The summed E-state index contributed by atoms with van der Waals surface area (Å²) >= 11 is 0. The van der Waals surface area contributed by atoms with Gasteiger partial charge in [0.2, 0.25) is 6.23 Å². The normalized spacial score (nSPS) is 24.4. The number of hydrogen-bond acceptors (Lipinski definition) is 7. The first-order chi connectivity index (χ1) is 14.7. The van der Waals surface area contributed by atoms with Gasteiger partial charge in [-0.2, -0.15) is 13.8 Å². The Morgan fingerprint density at radius 3 is 2.84 bits per heavy atom. The van der Waals surface area contributed by atoms with Crippen molar-refractivity contribution >= 4 is 11.7 Å². The number of nitrogens with zero attached hydrogens (tertiary/aromatic N) is 2. The molecular weight excluding hydrogens is 423 g/mol. The molecule has 0 aliphatic carbocycles. The van der Waals surface area contributed by atoms with Gasteiger partial charge >= 0.3 is 11.6 Å². The van der Waals surface area contributed by atoms with Crippen molar-refractivity contribution in [3.63, 3.8) is 0 Å². The summed E-state index contributed by atoms with van der Waals surface area (Å²) in [5, 5.41) is 21.0. The first-order valence-electron chi connectivity index (χ1n) is 9.40. The topological polar surface area (TPSA) is 123 Å². The van der Waals surface area contributed by atoms with Crippen LogP contribution in [0.1, 0.15) is 28.6 Å². The minimum Gasteiger partial charge on any atom is -0.492 e. The minimum absolute atomic E-state index is 0.0831. The van der Waals surface area contributed by atoms with Crippen molar-refractivity contribution in [2.45, 2.75) is 37.2 Å². The van der Waals surface area contributed by atoms with E-state index in [1.165, 1.54) is 6.07 Å². The summed E-state index contributed by atoms with van der Waals surface area (Å²) in [6, 6.07) is 3.34. The van der Waals surface area contributed by atoms with E-state index in [1.54, 1.807) is 0 Å². The number of aryl methyl sites for hydroxylation is 1. The van der Waals surface area contributed by atoms with Crippen LogP contribution in [0, 0.1) is 5.82 Å². The first kappa shape index (κ1) is 21.3. The summed E-state index contributed by atoms with van der Waals surface area (Å²) in [5.74, 6) is -5.31. The zero-order chi connectivity index (χ0) is 22.3. The molecule has 2 aromatic rings. The molecule has 2 aliphatic heterocycles. The zero-order valence-electron chi connectivity index (χ0n) is 15.9. The molecule has 1 unspecified atom stereocenters. The van der Waals surface area contributed by atoms with Gasteiger partial charge in [0.05, 0.1) is 18.8 Å². The third-order valence-corrected chi connectivity index (χ3v) is 5.10. The third-order valence-electron chi connectivity index (χ3n) is 5.10. The van der Waals surface area contributed by atoms with E-state index >= 15 is 0 Å². The zero-order valence-corrected chi connectivity index (χ0v) is 15.9. The van der Waals surface area contributed by atoms with Gasteiger partial charge in [0, 0.05) is 6.20 Å². The molecule has 1 fully saturated rings. The Kier molecular flexibility index (Phi) is 5.45. The van der Waals surface area contributed by atoms with Crippen LogP contribution in [0.25, 0.3) is 0 Å². The number of carbonyl (C=O) groups excluding carboxylic acids is 1. The third kappa shape index (κ3) is 3.77. The van der Waals surface area contributed by atoms with E-state index in [0.717, 1.165) is 18.3 Å². The fourth-order valence-corrected chi connectivity index (χ4v) is 3.57. The highest BCUT2D eigenvalue weighted by molar-refractivity contribution is 6.06. The molecule has 0 radical (unpaired) electrons. The predicted molar refractivity (Wildman–Crippen MR) is 98.6 cm³/mol. The Balaban J connectivity index is 1.58. The van der Waals surface area contributed by atoms with Gasteiger partial charge in [-0.05, 0) is 36.6 Å². The molecule has 166 valence electrons. The van der Waals surface area contributed by atoms with E-state index < -0.39 is 48.4 Å². The Hall–Kier alpha value is -2.96. The Bertz CT molecular complexity index is 1080. The number of halogens is 3. The van der Waals surface area contributed by atoms with Crippen molar-refractivity contribution < 1.29 is 37.7 Å². The lowest BCUT2D eigenvalue weighted by Crippen LogP contribution is -2.41. The molecule has 3 N–H and O–H groups in total. The van der Waals surface area contributed by atoms with Gasteiger partial charge in [-0.15, -0.1) is 0 Å². The Labute approximate surface area is 173 Å². The minimum atomic E-state index is -3.86. The highest BCUT2D eigenvalue weighted by atomic mass is 19.3. The van der Waals surface area contributed by atoms with Crippen LogP contribution in [0.3, 0.4) is 0 Å². The molecule has 1 saturated heterocycles. The number of aliphatic hydroxyl groups is 2. The summed E-state index contributed by atoms with van der Waals surface area (Å²) in [7, 11) is 0. The molecule has 1 amide bonds. The molecule has 3 heterocycles. The van der Waals surface area contributed by atoms with Crippen LogP contribution in [0.4, 0.5) is 19.0 Å². The van der Waals surface area contributed by atoms with Gasteiger partial charge in [-0.1, -0.05) is 0 Å². The number of nitrogens with one attached hydrogen (secondary N) is 1. The monoisotopic (exact) mass is 441 g/mol. The van der Waals surface area contributed by atoms with E-state index in [-0.39, 0.29) is 17.1 Å². The van der Waals surface area contributed by atoms with Crippen LogP contribution < -0.4 is 15.7 Å². The summed E-state index contributed by atoms with van der Waals surface area (Å²) in [5.41, 5.74) is -0.733. The highest BCUT2D eigenvalue weighted by Crippen LogP contribution is 2.42. The maximum atomic E-state index is 14.2. The highest BCUT2D eigenvalue weighted by Gasteiger charge is 2.59. The molecule has 31 heavy (non-hydrogen) atoms. The number of benzene rings is 1. The van der Waals surface area contributed by atoms with E-state index in [1.807, 2.05) is 0 Å². The van der Waals surface area contributed by atoms with Crippen LogP contribution in [-0.2, 0) is 11.2 Å². The van der Waals surface area contributed by atoms with Crippen molar-refractivity contribution in [3.05, 3.63) is 51.8 Å². The Morgan fingerprint density at radius 1 is 1.39 bits per heavy atom. The number of ether oxygens (including phenoxy) is 2. The van der Waals surface area contributed by atoms with E-state index in [4.69, 9.17) is 14.6 Å². The lowest BCUT2D eigenvalue weighted by atomic mass is 10.0. The first-order valence-corrected chi connectivity index (χ1v) is 9.40. The van der Waals surface area contributed by atoms with Gasteiger partial charge in [-0.3, -0.25) is 9.36 Å². The van der Waals surface area contributed by atoms with Crippen LogP contribution in [0.15, 0.2) is 29.2 Å². The van der Waals surface area contributed by atoms with Crippen LogP contribution in [0.5, 0.6) is 5.75 Å². The standard InChI is InChI=1S/C19H18F3N3O6/c20-10-6-9-2-1-5-30-14(9)11(7-10)16(28)23-13-3-4-25(18(29)24-13)17-19(21,22)15(27)12(8-26)31-17/h3-4,6-7,12,15,17,26-27H,1-2,5,8H2,(H,23,24,28,29)/t12-,15-,17?/m1/s1. The maximum Gasteiger partial charge on any atom is 0.351 e. The molecular formula is C19H18F3N3O6. The fourth-order valence-electron chi connectivity index (χ4n) is 3.57. The van der Waals surface area contributed by atoms with Gasteiger partial charge in [0.15, 0.2) is 6.10 Å². The molecule has 0 saturated carbocycles. The molecule has 1 aromatic carbocycles. The number of alkyl halides is 2. The molecule has 1 aromatic heterocycles. The number of rotatable bonds is 4. The summed E-state index contributed by atoms with van der Waals surface area (Å²) in [4.78, 5) is 28.4. The van der Waals surface area contributed by atoms with E-state index in [2.05, 4.69) is 10.3 Å². The van der Waals surface area contributed by atoms with Crippen LogP contribution in [-0.4, -0.2) is 57.0 Å². The van der Waals surface area contributed by atoms with Crippen molar-refractivity contribution in [2.24, 2.45) is 0 Å². The molecule has 0 bridgehead atoms. The molecule has 12 heteroatoms. The van der Waals surface area contributed by atoms with Gasteiger partial charge in [-0.25, -0.2) is 9.18 Å². The molecule has 9 nitrogen and oxygen atoms in total. The van der Waals surface area contributed by atoms with Gasteiger partial charge < -0.3 is 25.0 Å². The number of carbonyl (C=O) groups is 1. The quantitative estimate of drug-likeness (QED) is 0.643. The second-order valence-corrected chi connectivity index (χ2v) is 7.18. The average molecular weight is 441 g/mol. The van der Waals surface area contributed by atoms with Crippen molar-refractivity contribution in [2.75, 3.05) is 18.5 Å². The predicted octanol–water partition coefficient (Wildman–Crippen LogP) is 0.846. The van der Waals surface area contributed by atoms with Gasteiger partial charge in [0.1, 0.15) is 23.5 Å². The largest absolute Gasteiger partial charge is 0.492 e. The lowest BCUT2D eigenvalue weighted by Gasteiger charge is -2.21. The van der Waals surface area contributed by atoms with Crippen molar-refractivity contribution in [1.82, 2.24) is 9.55 Å². The number of aliphatic hydroxyl groups excluding tert-OH is 2. The van der Waals surface area contributed by atoms with Gasteiger partial charge in [0.25, 0.3) is 5.91 Å². The SMILES string of the molecule is O=C(Nc1ccn(C2O[C@H](CO)[C@@H](O)C2(F)F)c(=O)n1)c1cc(F)cc2c1OCCC2. The van der Waals surface area contributed by atoms with Crippen molar-refractivity contribution in [1.29, 1.82) is 0 Å². The lowest BCUT2D eigenvalue weighted by molar-refractivity contribution is -0.140. The average Bonchev–Trinajstić information content (AvgIpc) is 2.96. The van der Waals surface area contributed by atoms with Crippen molar-refractivity contribution in [3.8, 4) is 5.75 Å². The summed E-state index contributed by atoms with van der Waals surface area (Å²) in [6.45, 7) is -0.507. The molecule has 2 aliphatic rings. The number of fused-ring (bicyclic) bond motifs is 1. The van der Waals surface area contributed by atoms with E-state index in [9.17, 15) is 27.9 Å². The summed E-state index contributed by atoms with van der Waals surface area (Å²) in [6.07, 6.45) is -3.95. The molecule has 3 atom stereocenters. The van der Waals surface area contributed by atoms with Crippen LogP contribution >= 0.6 is 0 Å². The molecule has 4 rings (SSSR count). The fraction of sp³-hybridized carbons (Fsp3) is 0.421. The second kappa shape index (κ2) is 7.94. The smallest absolute Gasteiger partial charge is 0.351 e. The maximum absolute atomic E-state index is 14.2. The number of amides is 1. The Morgan fingerprint density at radius 2 is 2.16 bits per heavy atom. The number of aromatic nitrogens is 2. The number of anilines is 1. The molecule has 0 spiro atoms. The summed E-state index contributed by atoms with van der Waals surface area (Å²) < 4.78 is 53.2. The van der Waals surface area contributed by atoms with E-state index in [0.29, 0.717) is 29.6 Å².